The molecule has 3 aromatic carbocycles. The van der Waals surface area contributed by atoms with Crippen LogP contribution in [0, 0.1) is 6.92 Å². The van der Waals surface area contributed by atoms with Gasteiger partial charge in [-0.1, -0.05) is 0 Å². The molecular formula is C28H24O17. The van der Waals surface area contributed by atoms with Crippen LogP contribution in [0.15, 0.2) is 24.3 Å². The topological polar surface area (TPSA) is 290 Å². The van der Waals surface area contributed by atoms with E-state index in [2.05, 4.69) is 0 Å². The zero-order valence-corrected chi connectivity index (χ0v) is 22.7. The maximum atomic E-state index is 13.5. The van der Waals surface area contributed by atoms with Gasteiger partial charge in [0.1, 0.15) is 30.3 Å². The summed E-state index contributed by atoms with van der Waals surface area (Å²) in [6.07, 6.45) is -9.95. The number of cyclic esters (lactones) is 1. The number of ether oxygens (including phenoxy) is 4. The molecule has 17 nitrogen and oxygen atoms in total. The summed E-state index contributed by atoms with van der Waals surface area (Å²) in [6, 6.07) is 2.99. The number of carbonyl (C=O) groups excluding carboxylic acids is 3. The van der Waals surface area contributed by atoms with E-state index in [1.807, 2.05) is 0 Å². The summed E-state index contributed by atoms with van der Waals surface area (Å²) in [5, 5.41) is 104. The minimum absolute atomic E-state index is 0.0445. The van der Waals surface area contributed by atoms with Gasteiger partial charge in [0, 0.05) is 16.7 Å². The number of phenols is 8. The van der Waals surface area contributed by atoms with Crippen LogP contribution in [0.2, 0.25) is 0 Å². The highest BCUT2D eigenvalue weighted by molar-refractivity contribution is 6.08. The molecule has 0 spiro atoms. The molecule has 2 heterocycles. The second-order valence-electron chi connectivity index (χ2n) is 10.1. The average Bonchev–Trinajstić information content (AvgIpc) is 2.99. The highest BCUT2D eigenvalue weighted by Gasteiger charge is 2.50. The van der Waals surface area contributed by atoms with E-state index >= 15 is 0 Å². The van der Waals surface area contributed by atoms with Gasteiger partial charge in [0.05, 0.1) is 16.7 Å². The van der Waals surface area contributed by atoms with Gasteiger partial charge in [0.15, 0.2) is 35.2 Å². The molecule has 5 atom stereocenters. The molecule has 17 heteroatoms. The standard InChI is InChI=1S/C28H24O17/c1-7-11(29)2-8(3-12(7)30)25(39)45-28-23(38)24-20(35)15(43-28)6-42-26(40)9-4-13(31)18(33)21(36)16(9)17-10(27(41)44-24)5-14(32)19(34)22(17)37/h2-5,15,20,23-24,28-38H,6H2,1H3. The van der Waals surface area contributed by atoms with Gasteiger partial charge in [-0.15, -0.1) is 0 Å². The number of aromatic hydroxyl groups is 8. The fourth-order valence-electron chi connectivity index (χ4n) is 4.79. The van der Waals surface area contributed by atoms with Crippen molar-refractivity contribution < 1.29 is 84.4 Å². The SMILES string of the molecule is Cc1c(O)cc(C(=O)OC2OC3COC(=O)c4cc(O)c(O)c(O)c4-c4c(cc(O)c(O)c4O)C(=O)OC(C3O)C2O)cc1O. The minimum atomic E-state index is -2.17. The summed E-state index contributed by atoms with van der Waals surface area (Å²) in [4.78, 5) is 39.5. The number of rotatable bonds is 2. The molecule has 0 amide bonds. The maximum absolute atomic E-state index is 13.5. The first-order valence-electron chi connectivity index (χ1n) is 12.8. The summed E-state index contributed by atoms with van der Waals surface area (Å²) in [5.74, 6) is -12.4. The van der Waals surface area contributed by atoms with Gasteiger partial charge in [-0.05, 0) is 31.2 Å². The first-order valence-corrected chi connectivity index (χ1v) is 12.8. The third-order valence-corrected chi connectivity index (χ3v) is 7.27. The molecule has 1 saturated heterocycles. The van der Waals surface area contributed by atoms with Crippen LogP contribution in [-0.4, -0.2) is 106 Å². The molecule has 2 aliphatic rings. The maximum Gasteiger partial charge on any atom is 0.340 e. The van der Waals surface area contributed by atoms with Crippen molar-refractivity contribution in [3.05, 3.63) is 46.5 Å². The van der Waals surface area contributed by atoms with Crippen LogP contribution >= 0.6 is 0 Å². The molecular weight excluding hydrogens is 608 g/mol. The predicted octanol–water partition coefficient (Wildman–Crippen LogP) is 0.306. The normalized spacial score (nSPS) is 23.0. The number of esters is 3. The van der Waals surface area contributed by atoms with Crippen LogP contribution in [0.1, 0.15) is 36.6 Å². The lowest BCUT2D eigenvalue weighted by Crippen LogP contribution is -2.61. The number of hydrogen-bond donors (Lipinski definition) is 10. The van der Waals surface area contributed by atoms with Crippen LogP contribution in [0.25, 0.3) is 11.1 Å². The van der Waals surface area contributed by atoms with E-state index < -0.39 is 129 Å². The number of aliphatic hydroxyl groups is 2. The Morgan fingerprint density at radius 2 is 1.24 bits per heavy atom. The Balaban J connectivity index is 1.61. The Bertz CT molecular complexity index is 1720. The third-order valence-electron chi connectivity index (χ3n) is 7.27. The van der Waals surface area contributed by atoms with Crippen LogP contribution in [-0.2, 0) is 18.9 Å². The zero-order valence-electron chi connectivity index (χ0n) is 22.7. The van der Waals surface area contributed by atoms with Gasteiger partial charge in [-0.3, -0.25) is 0 Å². The Morgan fingerprint density at radius 1 is 0.733 bits per heavy atom. The fourth-order valence-corrected chi connectivity index (χ4v) is 4.79. The first-order chi connectivity index (χ1) is 21.1. The molecule has 0 saturated carbocycles. The number of aliphatic hydroxyl groups excluding tert-OH is 2. The fraction of sp³-hybridized carbons (Fsp3) is 0.250. The van der Waals surface area contributed by atoms with Crippen molar-refractivity contribution >= 4 is 17.9 Å². The molecule has 5 rings (SSSR count). The van der Waals surface area contributed by atoms with E-state index in [1.165, 1.54) is 6.92 Å². The van der Waals surface area contributed by atoms with E-state index in [4.69, 9.17) is 18.9 Å². The van der Waals surface area contributed by atoms with Gasteiger partial charge in [-0.2, -0.15) is 0 Å². The molecule has 0 radical (unpaired) electrons. The second-order valence-corrected chi connectivity index (χ2v) is 10.1. The monoisotopic (exact) mass is 632 g/mol. The molecule has 5 unspecified atom stereocenters. The lowest BCUT2D eigenvalue weighted by molar-refractivity contribution is -0.284. The number of hydrogen-bond acceptors (Lipinski definition) is 17. The Kier molecular flexibility index (Phi) is 7.61. The third kappa shape index (κ3) is 5.13. The van der Waals surface area contributed by atoms with Gasteiger partial charge in [0.2, 0.25) is 17.8 Å². The minimum Gasteiger partial charge on any atom is -0.508 e. The van der Waals surface area contributed by atoms with Crippen LogP contribution in [0.3, 0.4) is 0 Å². The lowest BCUT2D eigenvalue weighted by Gasteiger charge is -2.41. The van der Waals surface area contributed by atoms with Gasteiger partial charge < -0.3 is 70.0 Å². The molecule has 0 aliphatic carbocycles. The largest absolute Gasteiger partial charge is 0.508 e. The number of phenolic OH excluding ortho intramolecular Hbond substituents is 8. The Morgan fingerprint density at radius 3 is 1.78 bits per heavy atom. The van der Waals surface area contributed by atoms with Crippen LogP contribution in [0.4, 0.5) is 0 Å². The Labute approximate surface area is 250 Å². The summed E-state index contributed by atoms with van der Waals surface area (Å²) in [5.41, 5.74) is -3.84. The lowest BCUT2D eigenvalue weighted by atomic mass is 9.91. The zero-order chi connectivity index (χ0) is 33.1. The van der Waals surface area contributed by atoms with Crippen LogP contribution in [0.5, 0.6) is 46.0 Å². The molecule has 0 aromatic heterocycles. The van der Waals surface area contributed by atoms with Crippen LogP contribution < -0.4 is 0 Å². The molecule has 45 heavy (non-hydrogen) atoms. The van der Waals surface area contributed by atoms with Crippen molar-refractivity contribution in [2.75, 3.05) is 6.61 Å². The van der Waals surface area contributed by atoms with E-state index in [1.54, 1.807) is 0 Å². The van der Waals surface area contributed by atoms with Crippen molar-refractivity contribution in [2.24, 2.45) is 0 Å². The highest BCUT2D eigenvalue weighted by atomic mass is 16.7. The highest BCUT2D eigenvalue weighted by Crippen LogP contribution is 2.52. The van der Waals surface area contributed by atoms with E-state index in [-0.39, 0.29) is 5.56 Å². The number of benzene rings is 3. The van der Waals surface area contributed by atoms with Gasteiger partial charge in [0.25, 0.3) is 0 Å². The number of carbonyl (C=O) groups is 3. The van der Waals surface area contributed by atoms with E-state index in [9.17, 15) is 65.4 Å². The average molecular weight is 632 g/mol. The van der Waals surface area contributed by atoms with Gasteiger partial charge in [-0.25, -0.2) is 14.4 Å². The predicted molar refractivity (Wildman–Crippen MR) is 142 cm³/mol. The van der Waals surface area contributed by atoms with Crippen molar-refractivity contribution in [3.8, 4) is 57.1 Å². The first kappa shape index (κ1) is 30.8. The summed E-state index contributed by atoms with van der Waals surface area (Å²) in [7, 11) is 0. The van der Waals surface area contributed by atoms with Crippen molar-refractivity contribution in [1.82, 2.24) is 0 Å². The smallest absolute Gasteiger partial charge is 0.340 e. The molecule has 2 aliphatic heterocycles. The molecule has 1 fully saturated rings. The summed E-state index contributed by atoms with van der Waals surface area (Å²) >= 11 is 0. The molecule has 2 bridgehead atoms. The van der Waals surface area contributed by atoms with Crippen molar-refractivity contribution in [2.45, 2.75) is 37.6 Å². The van der Waals surface area contributed by atoms with E-state index in [0.717, 1.165) is 12.1 Å². The van der Waals surface area contributed by atoms with E-state index in [0.29, 0.717) is 12.1 Å². The molecule has 3 aromatic rings. The van der Waals surface area contributed by atoms with Crippen molar-refractivity contribution in [1.29, 1.82) is 0 Å². The Hall–Kier alpha value is -5.65. The summed E-state index contributed by atoms with van der Waals surface area (Å²) < 4.78 is 21.0. The number of fused-ring (bicyclic) bond motifs is 5. The quantitative estimate of drug-likeness (QED) is 0.103. The van der Waals surface area contributed by atoms with Gasteiger partial charge >= 0.3 is 17.9 Å². The molecule has 238 valence electrons. The van der Waals surface area contributed by atoms with Crippen molar-refractivity contribution in [3.63, 3.8) is 0 Å². The molecule has 10 N–H and O–H groups in total. The second kappa shape index (κ2) is 11.1. The summed E-state index contributed by atoms with van der Waals surface area (Å²) in [6.45, 7) is 0.445.